The highest BCUT2D eigenvalue weighted by Crippen LogP contribution is 2.25. The lowest BCUT2D eigenvalue weighted by Crippen LogP contribution is -2.30. The molecule has 0 unspecified atom stereocenters. The average molecular weight is 367 g/mol. The first-order chi connectivity index (χ1) is 13.1. The molecule has 1 heterocycles. The van der Waals surface area contributed by atoms with E-state index in [9.17, 15) is 14.7 Å². The summed E-state index contributed by atoms with van der Waals surface area (Å²) in [6.45, 7) is 0.224. The number of aromatic hydroxyl groups is 1. The molecule has 0 aliphatic carbocycles. The molecule has 6 nitrogen and oxygen atoms in total. The summed E-state index contributed by atoms with van der Waals surface area (Å²) in [5.41, 5.74) is 2.37. The smallest absolute Gasteiger partial charge is 0.310 e. The highest BCUT2D eigenvalue weighted by Gasteiger charge is 2.13. The van der Waals surface area contributed by atoms with Crippen molar-refractivity contribution >= 4 is 22.8 Å². The molecule has 0 fully saturated rings. The number of amides is 1. The molecule has 140 valence electrons. The van der Waals surface area contributed by atoms with Crippen LogP contribution in [0.25, 0.3) is 11.0 Å². The van der Waals surface area contributed by atoms with E-state index in [0.717, 1.165) is 18.2 Å². The second-order valence-corrected chi connectivity index (χ2v) is 6.22. The Kier molecular flexibility index (Phi) is 6.10. The Labute approximate surface area is 156 Å². The van der Waals surface area contributed by atoms with E-state index >= 15 is 0 Å². The third-order valence-electron chi connectivity index (χ3n) is 4.15. The Morgan fingerprint density at radius 1 is 1.11 bits per heavy atom. The van der Waals surface area contributed by atoms with E-state index in [1.54, 1.807) is 6.07 Å². The van der Waals surface area contributed by atoms with Crippen LogP contribution >= 0.6 is 0 Å². The molecule has 0 saturated heterocycles. The Hall–Kier alpha value is -3.28. The van der Waals surface area contributed by atoms with Crippen LogP contribution in [-0.2, 0) is 27.2 Å². The number of carbonyl (C=O) groups excluding carboxylic acids is 2. The zero-order valence-corrected chi connectivity index (χ0v) is 14.8. The van der Waals surface area contributed by atoms with Crippen LogP contribution in [-0.4, -0.2) is 30.1 Å². The van der Waals surface area contributed by atoms with Gasteiger partial charge in [-0.25, -0.2) is 0 Å². The summed E-state index contributed by atoms with van der Waals surface area (Å²) < 4.78 is 10.3. The van der Waals surface area contributed by atoms with Gasteiger partial charge in [0, 0.05) is 23.6 Å². The largest absolute Gasteiger partial charge is 0.508 e. The summed E-state index contributed by atoms with van der Waals surface area (Å²) in [7, 11) is 0. The highest BCUT2D eigenvalue weighted by atomic mass is 16.5. The lowest BCUT2D eigenvalue weighted by Gasteiger charge is -2.06. The number of phenols is 1. The first kappa shape index (κ1) is 18.5. The van der Waals surface area contributed by atoms with Crippen molar-refractivity contribution in [1.82, 2.24) is 5.32 Å². The van der Waals surface area contributed by atoms with Gasteiger partial charge in [-0.15, -0.1) is 0 Å². The molecule has 0 bridgehead atoms. The molecule has 6 heteroatoms. The molecule has 27 heavy (non-hydrogen) atoms. The number of furan rings is 1. The fourth-order valence-electron chi connectivity index (χ4n) is 2.78. The van der Waals surface area contributed by atoms with E-state index in [1.807, 2.05) is 30.3 Å². The van der Waals surface area contributed by atoms with E-state index in [4.69, 9.17) is 9.15 Å². The number of fused-ring (bicyclic) bond motifs is 1. The maximum absolute atomic E-state index is 11.9. The Morgan fingerprint density at radius 2 is 1.93 bits per heavy atom. The van der Waals surface area contributed by atoms with Gasteiger partial charge >= 0.3 is 5.97 Å². The number of phenolic OH excluding ortho intramolecular Hbond substituents is 1. The first-order valence-electron chi connectivity index (χ1n) is 8.77. The molecule has 3 aromatic rings. The number of rotatable bonds is 8. The van der Waals surface area contributed by atoms with Crippen LogP contribution in [0.3, 0.4) is 0 Å². The second-order valence-electron chi connectivity index (χ2n) is 6.22. The normalized spacial score (nSPS) is 10.7. The number of hydrogen-bond donors (Lipinski definition) is 2. The molecule has 1 amide bonds. The van der Waals surface area contributed by atoms with Gasteiger partial charge in [-0.1, -0.05) is 30.3 Å². The quantitative estimate of drug-likeness (QED) is 0.472. The number of hydrogen-bond acceptors (Lipinski definition) is 5. The maximum Gasteiger partial charge on any atom is 0.310 e. The van der Waals surface area contributed by atoms with Gasteiger partial charge in [-0.05, 0) is 30.5 Å². The molecular weight excluding hydrogens is 346 g/mol. The number of ether oxygens (including phenoxy) is 1. The second kappa shape index (κ2) is 8.89. The van der Waals surface area contributed by atoms with E-state index in [2.05, 4.69) is 5.32 Å². The van der Waals surface area contributed by atoms with Crippen molar-refractivity contribution in [2.45, 2.75) is 19.3 Å². The van der Waals surface area contributed by atoms with Crippen LogP contribution < -0.4 is 5.32 Å². The van der Waals surface area contributed by atoms with Crippen LogP contribution in [0.1, 0.15) is 17.5 Å². The topological polar surface area (TPSA) is 88.8 Å². The molecule has 0 saturated carbocycles. The zero-order valence-electron chi connectivity index (χ0n) is 14.8. The summed E-state index contributed by atoms with van der Waals surface area (Å²) in [6, 6.07) is 14.7. The number of aryl methyl sites for hydroxylation is 1. The number of esters is 1. The Morgan fingerprint density at radius 3 is 2.74 bits per heavy atom. The molecule has 0 aliphatic rings. The van der Waals surface area contributed by atoms with Gasteiger partial charge in [0.15, 0.2) is 6.61 Å². The molecule has 2 N–H and O–H groups in total. The zero-order chi connectivity index (χ0) is 19.1. The standard InChI is InChI=1S/C21H21NO5/c23-17-8-9-18-16(13-26-19(18)12-17)11-21(25)27-14-20(24)22-10-4-7-15-5-2-1-3-6-15/h1-3,5-6,8-9,12-13,23H,4,7,10-11,14H2,(H,22,24). The van der Waals surface area contributed by atoms with Gasteiger partial charge in [0.25, 0.3) is 5.91 Å². The number of nitrogens with one attached hydrogen (secondary N) is 1. The van der Waals surface area contributed by atoms with Crippen molar-refractivity contribution in [2.75, 3.05) is 13.2 Å². The van der Waals surface area contributed by atoms with Crippen molar-refractivity contribution < 1.29 is 23.8 Å². The summed E-state index contributed by atoms with van der Waals surface area (Å²) in [5, 5.41) is 12.9. The predicted molar refractivity (Wildman–Crippen MR) is 100 cm³/mol. The third-order valence-corrected chi connectivity index (χ3v) is 4.15. The van der Waals surface area contributed by atoms with E-state index in [-0.39, 0.29) is 24.7 Å². The van der Waals surface area contributed by atoms with Crippen LogP contribution in [0.15, 0.2) is 59.2 Å². The molecular formula is C21H21NO5. The first-order valence-corrected chi connectivity index (χ1v) is 8.77. The van der Waals surface area contributed by atoms with E-state index in [1.165, 1.54) is 24.0 Å². The fourth-order valence-corrected chi connectivity index (χ4v) is 2.78. The lowest BCUT2D eigenvalue weighted by atomic mass is 10.1. The lowest BCUT2D eigenvalue weighted by molar-refractivity contribution is -0.147. The van der Waals surface area contributed by atoms with E-state index in [0.29, 0.717) is 17.7 Å². The van der Waals surface area contributed by atoms with Crippen molar-refractivity contribution in [2.24, 2.45) is 0 Å². The highest BCUT2D eigenvalue weighted by molar-refractivity contribution is 5.87. The van der Waals surface area contributed by atoms with Crippen molar-refractivity contribution in [3.05, 3.63) is 65.9 Å². The van der Waals surface area contributed by atoms with Crippen molar-refractivity contribution in [3.63, 3.8) is 0 Å². The average Bonchev–Trinajstić information content (AvgIpc) is 3.06. The molecule has 0 atom stereocenters. The summed E-state index contributed by atoms with van der Waals surface area (Å²) >= 11 is 0. The van der Waals surface area contributed by atoms with Gasteiger partial charge in [0.1, 0.15) is 11.3 Å². The van der Waals surface area contributed by atoms with Crippen molar-refractivity contribution in [1.29, 1.82) is 0 Å². The van der Waals surface area contributed by atoms with Crippen LogP contribution in [0.4, 0.5) is 0 Å². The summed E-state index contributed by atoms with van der Waals surface area (Å²) in [6.07, 6.45) is 3.15. The van der Waals surface area contributed by atoms with Gasteiger partial charge in [0.2, 0.25) is 0 Å². The minimum absolute atomic E-state index is 0.000930. The molecule has 1 aromatic heterocycles. The van der Waals surface area contributed by atoms with E-state index < -0.39 is 5.97 Å². The molecule has 0 aliphatic heterocycles. The monoisotopic (exact) mass is 367 g/mol. The van der Waals surface area contributed by atoms with Crippen molar-refractivity contribution in [3.8, 4) is 5.75 Å². The Balaban J connectivity index is 1.37. The summed E-state index contributed by atoms with van der Waals surface area (Å²) in [4.78, 5) is 23.7. The molecule has 3 rings (SSSR count). The minimum atomic E-state index is -0.509. The number of benzene rings is 2. The number of carbonyl (C=O) groups is 2. The third kappa shape index (κ3) is 5.34. The predicted octanol–water partition coefficient (Wildman–Crippen LogP) is 2.97. The Bertz CT molecular complexity index is 917. The van der Waals surface area contributed by atoms with Gasteiger partial charge in [0.05, 0.1) is 12.7 Å². The van der Waals surface area contributed by atoms with Gasteiger partial charge in [-0.2, -0.15) is 0 Å². The van der Waals surface area contributed by atoms with Gasteiger partial charge in [-0.3, -0.25) is 9.59 Å². The van der Waals surface area contributed by atoms with Crippen LogP contribution in [0.5, 0.6) is 5.75 Å². The summed E-state index contributed by atoms with van der Waals surface area (Å²) in [5.74, 6) is -0.737. The van der Waals surface area contributed by atoms with Crippen LogP contribution in [0.2, 0.25) is 0 Å². The minimum Gasteiger partial charge on any atom is -0.508 e. The van der Waals surface area contributed by atoms with Gasteiger partial charge < -0.3 is 19.6 Å². The molecule has 0 spiro atoms. The maximum atomic E-state index is 11.9. The molecule has 0 radical (unpaired) electrons. The fraction of sp³-hybridized carbons (Fsp3) is 0.238. The molecule has 2 aromatic carbocycles. The SMILES string of the molecule is O=C(COC(=O)Cc1coc2cc(O)ccc12)NCCCc1ccccc1. The van der Waals surface area contributed by atoms with Crippen LogP contribution in [0, 0.1) is 0 Å².